The standard InChI is InChI=1S/C25H29Cl2N3O4S2/c1-17(10-12-29-25(32)22-15-18-6-3-4-7-21(18)35-22)14-24(31)28-11-5-13-30(2)36(33,34)23-9-8-19(26)16-20(23)27/h3-4,6-9,15-17H,5,10-14H2,1-2H3,(H,28,31)(H,29,32). The molecule has 3 aromatic rings. The van der Waals surface area contributed by atoms with Gasteiger partial charge in [0.2, 0.25) is 15.9 Å². The minimum atomic E-state index is -3.76. The van der Waals surface area contributed by atoms with Crippen LogP contribution in [0.25, 0.3) is 10.1 Å². The molecule has 0 aliphatic rings. The van der Waals surface area contributed by atoms with E-state index in [-0.39, 0.29) is 34.2 Å². The van der Waals surface area contributed by atoms with Crippen LogP contribution in [0, 0.1) is 5.92 Å². The summed E-state index contributed by atoms with van der Waals surface area (Å²) in [4.78, 5) is 25.3. The third-order valence-corrected chi connectivity index (χ3v) is 9.35. The number of benzene rings is 2. The molecule has 1 heterocycles. The molecule has 0 saturated carbocycles. The molecule has 2 N–H and O–H groups in total. The SMILES string of the molecule is CC(CCNC(=O)c1cc2ccccc2s1)CC(=O)NCCCN(C)S(=O)(=O)c1ccc(Cl)cc1Cl. The van der Waals surface area contributed by atoms with Gasteiger partial charge >= 0.3 is 0 Å². The molecule has 2 amide bonds. The summed E-state index contributed by atoms with van der Waals surface area (Å²) in [6.07, 6.45) is 1.45. The first-order valence-corrected chi connectivity index (χ1v) is 14.5. The van der Waals surface area contributed by atoms with Crippen molar-refractivity contribution >= 4 is 66.5 Å². The molecule has 0 saturated heterocycles. The second kappa shape index (κ2) is 12.9. The number of halogens is 2. The average molecular weight is 571 g/mol. The lowest BCUT2D eigenvalue weighted by molar-refractivity contribution is -0.121. The van der Waals surface area contributed by atoms with E-state index in [4.69, 9.17) is 23.2 Å². The second-order valence-electron chi connectivity index (χ2n) is 8.61. The summed E-state index contributed by atoms with van der Waals surface area (Å²) in [5, 5.41) is 7.23. The Balaban J connectivity index is 1.34. The molecule has 0 bridgehead atoms. The van der Waals surface area contributed by atoms with Crippen molar-refractivity contribution in [3.8, 4) is 0 Å². The molecule has 0 radical (unpaired) electrons. The first-order chi connectivity index (χ1) is 17.1. The Bertz CT molecular complexity index is 1290. The number of sulfonamides is 1. The molecule has 1 atom stereocenters. The largest absolute Gasteiger partial charge is 0.356 e. The molecular formula is C25H29Cl2N3O4S2. The second-order valence-corrected chi connectivity index (χ2v) is 12.5. The lowest BCUT2D eigenvalue weighted by atomic mass is 10.0. The maximum atomic E-state index is 12.7. The van der Waals surface area contributed by atoms with E-state index in [1.165, 1.54) is 40.9 Å². The summed E-state index contributed by atoms with van der Waals surface area (Å²) >= 11 is 13.3. The third kappa shape index (κ3) is 7.66. The van der Waals surface area contributed by atoms with Crippen molar-refractivity contribution in [3.63, 3.8) is 0 Å². The summed E-state index contributed by atoms with van der Waals surface area (Å²) in [5.41, 5.74) is 0. The van der Waals surface area contributed by atoms with Gasteiger partial charge in [0, 0.05) is 42.8 Å². The van der Waals surface area contributed by atoms with E-state index in [1.807, 2.05) is 37.3 Å². The topological polar surface area (TPSA) is 95.6 Å². The molecule has 11 heteroatoms. The maximum Gasteiger partial charge on any atom is 0.261 e. The number of nitrogens with one attached hydrogen (secondary N) is 2. The van der Waals surface area contributed by atoms with Gasteiger partial charge in [0.25, 0.3) is 5.91 Å². The molecule has 7 nitrogen and oxygen atoms in total. The summed E-state index contributed by atoms with van der Waals surface area (Å²) in [6.45, 7) is 3.02. The van der Waals surface area contributed by atoms with Crippen molar-refractivity contribution < 1.29 is 18.0 Å². The van der Waals surface area contributed by atoms with E-state index in [0.29, 0.717) is 42.3 Å². The minimum absolute atomic E-state index is 0.00614. The average Bonchev–Trinajstić information content (AvgIpc) is 3.26. The first-order valence-electron chi connectivity index (χ1n) is 11.5. The number of carbonyl (C=O) groups is 2. The van der Waals surface area contributed by atoms with Crippen LogP contribution in [0.5, 0.6) is 0 Å². The van der Waals surface area contributed by atoms with Crippen LogP contribution in [0.1, 0.15) is 35.9 Å². The third-order valence-electron chi connectivity index (χ3n) is 5.66. The fourth-order valence-corrected chi connectivity index (χ4v) is 6.54. The highest BCUT2D eigenvalue weighted by atomic mass is 35.5. The fraction of sp³-hybridized carbons (Fsp3) is 0.360. The Morgan fingerprint density at radius 1 is 1.06 bits per heavy atom. The number of nitrogens with zero attached hydrogens (tertiary/aromatic N) is 1. The van der Waals surface area contributed by atoms with Crippen molar-refractivity contribution in [2.75, 3.05) is 26.7 Å². The van der Waals surface area contributed by atoms with Crippen molar-refractivity contribution in [2.45, 2.75) is 31.1 Å². The highest BCUT2D eigenvalue weighted by Crippen LogP contribution is 2.27. The Kier molecular flexibility index (Phi) is 10.2. The van der Waals surface area contributed by atoms with Crippen molar-refractivity contribution in [1.82, 2.24) is 14.9 Å². The molecule has 1 unspecified atom stereocenters. The van der Waals surface area contributed by atoms with Crippen LogP contribution in [0.15, 0.2) is 53.4 Å². The highest BCUT2D eigenvalue weighted by Gasteiger charge is 2.23. The first kappa shape index (κ1) is 28.4. The molecule has 36 heavy (non-hydrogen) atoms. The quantitative estimate of drug-likeness (QED) is 0.294. The van der Waals surface area contributed by atoms with Crippen LogP contribution >= 0.6 is 34.5 Å². The molecule has 0 spiro atoms. The van der Waals surface area contributed by atoms with Gasteiger partial charge in [-0.1, -0.05) is 48.3 Å². The molecule has 1 aromatic heterocycles. The molecule has 0 aliphatic carbocycles. The van der Waals surface area contributed by atoms with E-state index in [2.05, 4.69) is 10.6 Å². The van der Waals surface area contributed by atoms with Crippen molar-refractivity contribution in [1.29, 1.82) is 0 Å². The predicted molar refractivity (Wildman–Crippen MR) is 146 cm³/mol. The van der Waals surface area contributed by atoms with Gasteiger partial charge in [-0.15, -0.1) is 11.3 Å². The van der Waals surface area contributed by atoms with Crippen LogP contribution in [-0.2, 0) is 14.8 Å². The highest BCUT2D eigenvalue weighted by molar-refractivity contribution is 7.89. The van der Waals surface area contributed by atoms with E-state index in [9.17, 15) is 18.0 Å². The smallest absolute Gasteiger partial charge is 0.261 e. The Hall–Kier alpha value is -2.17. The summed E-state index contributed by atoms with van der Waals surface area (Å²) < 4.78 is 27.7. The van der Waals surface area contributed by atoms with Gasteiger partial charge < -0.3 is 10.6 Å². The molecule has 3 rings (SSSR count). The van der Waals surface area contributed by atoms with E-state index >= 15 is 0 Å². The van der Waals surface area contributed by atoms with Gasteiger partial charge in [-0.05, 0) is 54.5 Å². The van der Waals surface area contributed by atoms with Gasteiger partial charge in [0.15, 0.2) is 0 Å². The van der Waals surface area contributed by atoms with Gasteiger partial charge in [-0.2, -0.15) is 0 Å². The Labute approximate surface area is 225 Å². The number of fused-ring (bicyclic) bond motifs is 1. The fourth-order valence-electron chi connectivity index (χ4n) is 3.61. The zero-order valence-corrected chi connectivity index (χ0v) is 23.2. The van der Waals surface area contributed by atoms with Crippen LogP contribution < -0.4 is 10.6 Å². The Morgan fingerprint density at radius 3 is 2.53 bits per heavy atom. The number of carbonyl (C=O) groups excluding carboxylic acids is 2. The molecule has 194 valence electrons. The zero-order chi connectivity index (χ0) is 26.3. The van der Waals surface area contributed by atoms with E-state index in [1.54, 1.807) is 0 Å². The monoisotopic (exact) mass is 569 g/mol. The summed E-state index contributed by atoms with van der Waals surface area (Å²) in [7, 11) is -2.29. The van der Waals surface area contributed by atoms with Crippen molar-refractivity contribution in [3.05, 3.63) is 63.5 Å². The molecule has 0 aliphatic heterocycles. The molecule has 2 aromatic carbocycles. The minimum Gasteiger partial charge on any atom is -0.356 e. The number of thiophene rings is 1. The predicted octanol–water partition coefficient (Wildman–Crippen LogP) is 5.18. The normalized spacial score (nSPS) is 12.6. The van der Waals surface area contributed by atoms with Gasteiger partial charge in [-0.25, -0.2) is 12.7 Å². The molecular weight excluding hydrogens is 541 g/mol. The summed E-state index contributed by atoms with van der Waals surface area (Å²) in [6, 6.07) is 14.0. The number of amides is 2. The van der Waals surface area contributed by atoms with Gasteiger partial charge in [-0.3, -0.25) is 9.59 Å². The van der Waals surface area contributed by atoms with Gasteiger partial charge in [0.05, 0.1) is 9.90 Å². The summed E-state index contributed by atoms with van der Waals surface area (Å²) in [5.74, 6) is -0.126. The maximum absolute atomic E-state index is 12.7. The zero-order valence-electron chi connectivity index (χ0n) is 20.1. The number of hydrogen-bond acceptors (Lipinski definition) is 5. The van der Waals surface area contributed by atoms with Crippen LogP contribution in [0.4, 0.5) is 0 Å². The Morgan fingerprint density at radius 2 is 1.81 bits per heavy atom. The van der Waals surface area contributed by atoms with Crippen LogP contribution in [-0.4, -0.2) is 51.2 Å². The number of rotatable bonds is 12. The lowest BCUT2D eigenvalue weighted by Crippen LogP contribution is -2.32. The van der Waals surface area contributed by atoms with E-state index in [0.717, 1.165) is 10.1 Å². The van der Waals surface area contributed by atoms with Crippen molar-refractivity contribution in [2.24, 2.45) is 5.92 Å². The lowest BCUT2D eigenvalue weighted by Gasteiger charge is -2.18. The number of hydrogen-bond donors (Lipinski definition) is 2. The van der Waals surface area contributed by atoms with Gasteiger partial charge in [0.1, 0.15) is 4.90 Å². The van der Waals surface area contributed by atoms with E-state index < -0.39 is 10.0 Å². The molecule has 0 fully saturated rings. The van der Waals surface area contributed by atoms with Crippen LogP contribution in [0.3, 0.4) is 0 Å². The van der Waals surface area contributed by atoms with Crippen LogP contribution in [0.2, 0.25) is 10.0 Å².